The molecule has 6 aliphatic rings. The molecule has 0 radical (unpaired) electrons. The monoisotopic (exact) mass is 1040 g/mol. The Labute approximate surface area is 424 Å². The van der Waals surface area contributed by atoms with Crippen molar-refractivity contribution in [1.82, 2.24) is 9.21 Å². The number of para-hydroxylation sites is 2. The second-order valence-corrected chi connectivity index (χ2v) is 23.0. The molecule has 73 heavy (non-hydrogen) atoms. The van der Waals surface area contributed by atoms with Crippen LogP contribution in [0.2, 0.25) is 0 Å². The van der Waals surface area contributed by atoms with Crippen LogP contribution < -0.4 is 18.6 Å². The van der Waals surface area contributed by atoms with E-state index in [-0.39, 0.29) is 72.3 Å². The number of anilines is 1. The standard InChI is InChI=1S/C53H57N5O13S2/c1-7-27-56-42-22-24-51(32-44(60)68-4)23-11-28-55-29-25-53(42,50(51)55)36-31-37(47(69-5)48(70-6)46(36)56)52-26-30-57(72(63,64)41-15-9-8-13-38(41)58(61)62)39(20-21-43(59)67-3)49(52)54-45-35(52)12-10-14-40(45)71-73(65,66)34-18-16-33(2)17-19-34/h7-10,12-19,22,24,31,39,42,50H,1,11,20-21,23,25-30,32H2,2-6H3/t39-,42-,50-,51-,52-,53-/m1/s1. The number of benzene rings is 4. The van der Waals surface area contributed by atoms with Gasteiger partial charge in [-0.15, -0.1) is 6.58 Å². The summed E-state index contributed by atoms with van der Waals surface area (Å²) in [4.78, 5) is 47.7. The fraction of sp³-hybridized carbons (Fsp3) is 0.415. The van der Waals surface area contributed by atoms with E-state index in [0.717, 1.165) is 53.1 Å². The minimum absolute atomic E-state index is 0.0472. The van der Waals surface area contributed by atoms with Crippen molar-refractivity contribution in [2.24, 2.45) is 10.4 Å². The average molecular weight is 1040 g/mol. The van der Waals surface area contributed by atoms with E-state index in [4.69, 9.17) is 28.1 Å². The molecule has 0 aromatic heterocycles. The second kappa shape index (κ2) is 18.4. The molecule has 10 rings (SSSR count). The van der Waals surface area contributed by atoms with Crippen LogP contribution in [-0.4, -0.2) is 121 Å². The number of rotatable bonds is 16. The third-order valence-corrected chi connectivity index (χ3v) is 19.4. The van der Waals surface area contributed by atoms with E-state index in [9.17, 15) is 28.1 Å². The molecule has 20 heteroatoms. The number of fused-ring (bicyclic) bond motifs is 4. The summed E-state index contributed by atoms with van der Waals surface area (Å²) < 4.78 is 89.4. The maximum absolute atomic E-state index is 15.2. The summed E-state index contributed by atoms with van der Waals surface area (Å²) in [5.74, 6) is -0.409. The Balaban J connectivity index is 1.26. The van der Waals surface area contributed by atoms with Crippen LogP contribution >= 0.6 is 0 Å². The van der Waals surface area contributed by atoms with E-state index in [1.54, 1.807) is 31.4 Å². The molecular formula is C53H57N5O13S2. The summed E-state index contributed by atoms with van der Waals surface area (Å²) in [5, 5.41) is 12.5. The van der Waals surface area contributed by atoms with E-state index < -0.39 is 63.9 Å². The van der Waals surface area contributed by atoms with Gasteiger partial charge in [0.1, 0.15) is 10.6 Å². The van der Waals surface area contributed by atoms with Gasteiger partial charge in [0.05, 0.1) is 68.7 Å². The second-order valence-electron chi connectivity index (χ2n) is 19.6. The molecule has 6 atom stereocenters. The lowest BCUT2D eigenvalue weighted by Crippen LogP contribution is -2.63. The molecule has 384 valence electrons. The highest BCUT2D eigenvalue weighted by molar-refractivity contribution is 7.89. The highest BCUT2D eigenvalue weighted by Gasteiger charge is 2.68. The number of sulfonamides is 1. The number of aliphatic imine (C=N–C) groups is 1. The van der Waals surface area contributed by atoms with Gasteiger partial charge in [0.2, 0.25) is 0 Å². The first-order valence-electron chi connectivity index (χ1n) is 24.2. The minimum Gasteiger partial charge on any atom is -0.492 e. The summed E-state index contributed by atoms with van der Waals surface area (Å²) in [6, 6.07) is 16.6. The number of nitrogens with zero attached hydrogens (tertiary/aromatic N) is 5. The van der Waals surface area contributed by atoms with E-state index >= 15 is 8.42 Å². The number of esters is 2. The van der Waals surface area contributed by atoms with Gasteiger partial charge in [0.25, 0.3) is 15.7 Å². The van der Waals surface area contributed by atoms with E-state index in [1.807, 2.05) is 13.0 Å². The molecule has 18 nitrogen and oxygen atoms in total. The first-order chi connectivity index (χ1) is 35.0. The van der Waals surface area contributed by atoms with Crippen LogP contribution in [0.25, 0.3) is 0 Å². The molecule has 5 heterocycles. The zero-order chi connectivity index (χ0) is 51.8. The van der Waals surface area contributed by atoms with Crippen LogP contribution in [0.3, 0.4) is 0 Å². The molecule has 1 aliphatic carbocycles. The summed E-state index contributed by atoms with van der Waals surface area (Å²) in [6.45, 7) is 7.71. The first kappa shape index (κ1) is 49.9. The van der Waals surface area contributed by atoms with Gasteiger partial charge in [0, 0.05) is 48.0 Å². The van der Waals surface area contributed by atoms with Gasteiger partial charge in [-0.2, -0.15) is 12.7 Å². The Morgan fingerprint density at radius 2 is 1.62 bits per heavy atom. The number of carbonyl (C=O) groups is 2. The van der Waals surface area contributed by atoms with Gasteiger partial charge in [-0.3, -0.25) is 29.6 Å². The number of methoxy groups -OCH3 is 4. The number of aryl methyl sites for hydroxylation is 1. The van der Waals surface area contributed by atoms with Crippen molar-refractivity contribution in [2.45, 2.75) is 90.6 Å². The highest BCUT2D eigenvalue weighted by Crippen LogP contribution is 2.68. The van der Waals surface area contributed by atoms with Crippen molar-refractivity contribution < 1.29 is 54.5 Å². The van der Waals surface area contributed by atoms with Crippen LogP contribution in [0.1, 0.15) is 67.2 Å². The largest absolute Gasteiger partial charge is 0.492 e. The summed E-state index contributed by atoms with van der Waals surface area (Å²) in [6.07, 6.45) is 8.22. The fourth-order valence-electron chi connectivity index (χ4n) is 13.4. The van der Waals surface area contributed by atoms with Crippen LogP contribution in [0.15, 0.2) is 112 Å². The predicted molar refractivity (Wildman–Crippen MR) is 270 cm³/mol. The molecule has 3 fully saturated rings. The van der Waals surface area contributed by atoms with Crippen molar-refractivity contribution in [3.05, 3.63) is 130 Å². The first-order valence-corrected chi connectivity index (χ1v) is 27.1. The fourth-order valence-corrected chi connectivity index (χ4v) is 16.1. The van der Waals surface area contributed by atoms with Crippen LogP contribution in [0.4, 0.5) is 17.1 Å². The molecule has 3 saturated heterocycles. The number of carbonyl (C=O) groups excluding carboxylic acids is 2. The number of piperidine rings is 2. The van der Waals surface area contributed by atoms with Crippen LogP contribution in [0, 0.1) is 22.5 Å². The third-order valence-electron chi connectivity index (χ3n) is 16.2. The van der Waals surface area contributed by atoms with Gasteiger partial charge >= 0.3 is 22.1 Å². The summed E-state index contributed by atoms with van der Waals surface area (Å²) in [7, 11) is -3.54. The Hall–Kier alpha value is -6.61. The number of nitro groups is 1. The lowest BCUT2D eigenvalue weighted by Gasteiger charge is -2.55. The Morgan fingerprint density at radius 1 is 0.877 bits per heavy atom. The Kier molecular flexibility index (Phi) is 12.6. The van der Waals surface area contributed by atoms with Gasteiger partial charge in [-0.05, 0) is 93.6 Å². The molecule has 1 spiro atoms. The van der Waals surface area contributed by atoms with Crippen molar-refractivity contribution in [3.63, 3.8) is 0 Å². The van der Waals surface area contributed by atoms with E-state index in [1.165, 1.54) is 57.7 Å². The molecule has 4 aromatic rings. The summed E-state index contributed by atoms with van der Waals surface area (Å²) >= 11 is 0. The quantitative estimate of drug-likeness (QED) is 0.0361. The van der Waals surface area contributed by atoms with E-state index in [2.05, 4.69) is 34.6 Å². The zero-order valence-electron chi connectivity index (χ0n) is 41.2. The average Bonchev–Trinajstić information content (AvgIpc) is 4.04. The van der Waals surface area contributed by atoms with Gasteiger partial charge in [-0.1, -0.05) is 60.2 Å². The van der Waals surface area contributed by atoms with Crippen molar-refractivity contribution >= 4 is 54.9 Å². The maximum atomic E-state index is 15.2. The normalized spacial score (nSPS) is 25.8. The molecule has 0 bridgehead atoms. The molecule has 0 unspecified atom stereocenters. The van der Waals surface area contributed by atoms with Crippen molar-refractivity contribution in [3.8, 4) is 17.2 Å². The number of nitro benzene ring substituents is 1. The van der Waals surface area contributed by atoms with Crippen LogP contribution in [0.5, 0.6) is 17.2 Å². The van der Waals surface area contributed by atoms with Gasteiger partial charge in [0.15, 0.2) is 22.1 Å². The van der Waals surface area contributed by atoms with Crippen molar-refractivity contribution in [1.29, 1.82) is 0 Å². The number of hydrogen-bond donors (Lipinski definition) is 0. The third kappa shape index (κ3) is 7.48. The highest BCUT2D eigenvalue weighted by atomic mass is 32.2. The SMILES string of the molecule is C=CCN1c2c(cc([C@]34CCN(S(=O)(=O)c5ccccc5[N+](=O)[O-])[C@H](CCC(=O)OC)C3=Nc3c(OS(=O)(=O)c5ccc(C)cc5)cccc34)c(OC)c2OC)[C@]23CCN4CCC[C@](CC(=O)OC)(C=C[C@@H]12)[C@@H]43. The Morgan fingerprint density at radius 3 is 2.32 bits per heavy atom. The lowest BCUT2D eigenvalue weighted by molar-refractivity contribution is -0.387. The van der Waals surface area contributed by atoms with Crippen LogP contribution in [-0.2, 0) is 50.0 Å². The molecule has 0 saturated carbocycles. The zero-order valence-corrected chi connectivity index (χ0v) is 42.9. The molecule has 0 N–H and O–H groups in total. The minimum atomic E-state index is -4.75. The van der Waals surface area contributed by atoms with E-state index in [0.29, 0.717) is 35.6 Å². The maximum Gasteiger partial charge on any atom is 0.339 e. The topological polar surface area (TPSA) is 214 Å². The Bertz CT molecular complexity index is 3250. The number of ether oxygens (including phenoxy) is 4. The molecular weight excluding hydrogens is 979 g/mol. The molecule has 0 amide bonds. The van der Waals surface area contributed by atoms with Crippen molar-refractivity contribution in [2.75, 3.05) is 59.5 Å². The molecule has 5 aliphatic heterocycles. The molecule has 4 aromatic carbocycles. The summed E-state index contributed by atoms with van der Waals surface area (Å²) in [5.41, 5.74) is 0.479. The van der Waals surface area contributed by atoms with Gasteiger partial charge in [-0.25, -0.2) is 8.42 Å². The predicted octanol–water partition coefficient (Wildman–Crippen LogP) is 7.08. The smallest absolute Gasteiger partial charge is 0.339 e. The number of hydrogen-bond acceptors (Lipinski definition) is 16. The van der Waals surface area contributed by atoms with Gasteiger partial charge < -0.3 is 28.0 Å². The lowest BCUT2D eigenvalue weighted by atomic mass is 9.54.